The lowest BCUT2D eigenvalue weighted by Crippen LogP contribution is -2.47. The second-order valence-electron chi connectivity index (χ2n) is 10.3. The summed E-state index contributed by atoms with van der Waals surface area (Å²) in [6, 6.07) is 8.80. The SMILES string of the molecule is O=C(NS(=O)(=O)c1cccnc1N1CCOCC1)[C@H]1CC[C@H](N2CCC(Oc3ccc(Cl)c(Cl)c3)CC2)CC1. The first-order valence-corrected chi connectivity index (χ1v) is 15.7. The maximum absolute atomic E-state index is 13.2. The molecule has 3 fully saturated rings. The number of halogens is 2. The fraction of sp³-hybridized carbons (Fsp3) is 0.556. The van der Waals surface area contributed by atoms with Gasteiger partial charge in [0, 0.05) is 50.4 Å². The molecule has 3 heterocycles. The van der Waals surface area contributed by atoms with Gasteiger partial charge in [-0.25, -0.2) is 18.1 Å². The smallest absolute Gasteiger partial charge is 0.267 e. The molecule has 9 nitrogen and oxygen atoms in total. The molecule has 1 aromatic carbocycles. The summed E-state index contributed by atoms with van der Waals surface area (Å²) >= 11 is 12.1. The van der Waals surface area contributed by atoms with Gasteiger partial charge in [0.1, 0.15) is 22.6 Å². The minimum atomic E-state index is -4.04. The first-order valence-electron chi connectivity index (χ1n) is 13.5. The predicted octanol–water partition coefficient (Wildman–Crippen LogP) is 4.13. The molecule has 2 saturated heterocycles. The Balaban J connectivity index is 1.10. The first kappa shape index (κ1) is 28.4. The van der Waals surface area contributed by atoms with Gasteiger partial charge in [0.15, 0.2) is 0 Å². The lowest BCUT2D eigenvalue weighted by Gasteiger charge is -2.40. The van der Waals surface area contributed by atoms with Crippen molar-refractivity contribution in [3.63, 3.8) is 0 Å². The molecule has 0 atom stereocenters. The van der Waals surface area contributed by atoms with Gasteiger partial charge in [0.05, 0.1) is 23.3 Å². The molecule has 0 unspecified atom stereocenters. The Labute approximate surface area is 239 Å². The highest BCUT2D eigenvalue weighted by molar-refractivity contribution is 7.90. The van der Waals surface area contributed by atoms with Crippen molar-refractivity contribution in [2.45, 2.75) is 55.6 Å². The van der Waals surface area contributed by atoms with Crippen LogP contribution in [0, 0.1) is 5.92 Å². The monoisotopic (exact) mass is 596 g/mol. The van der Waals surface area contributed by atoms with Crippen molar-refractivity contribution in [1.82, 2.24) is 14.6 Å². The number of rotatable bonds is 7. The molecule has 2 aromatic rings. The number of benzene rings is 1. The largest absolute Gasteiger partial charge is 0.490 e. The molecule has 0 spiro atoms. The predicted molar refractivity (Wildman–Crippen MR) is 150 cm³/mol. The number of nitrogens with zero attached hydrogens (tertiary/aromatic N) is 3. The molecule has 1 aliphatic carbocycles. The highest BCUT2D eigenvalue weighted by Crippen LogP contribution is 2.32. The van der Waals surface area contributed by atoms with Crippen LogP contribution < -0.4 is 14.4 Å². The number of pyridine rings is 1. The molecule has 0 radical (unpaired) electrons. The van der Waals surface area contributed by atoms with Crippen LogP contribution in [0.15, 0.2) is 41.4 Å². The molecule has 1 N–H and O–H groups in total. The van der Waals surface area contributed by atoms with Crippen LogP contribution in [-0.4, -0.2) is 75.7 Å². The van der Waals surface area contributed by atoms with Gasteiger partial charge in [-0.1, -0.05) is 23.2 Å². The van der Waals surface area contributed by atoms with E-state index in [0.717, 1.165) is 44.5 Å². The van der Waals surface area contributed by atoms with E-state index in [4.69, 9.17) is 32.7 Å². The van der Waals surface area contributed by atoms with Crippen molar-refractivity contribution in [3.05, 3.63) is 46.6 Å². The third-order valence-electron chi connectivity index (χ3n) is 7.84. The number of nitrogens with one attached hydrogen (secondary N) is 1. The fourth-order valence-electron chi connectivity index (χ4n) is 5.68. The lowest BCUT2D eigenvalue weighted by molar-refractivity contribution is -0.124. The number of amides is 1. The van der Waals surface area contributed by atoms with Gasteiger partial charge in [-0.05, 0) is 62.8 Å². The van der Waals surface area contributed by atoms with Crippen LogP contribution in [0.4, 0.5) is 5.82 Å². The summed E-state index contributed by atoms with van der Waals surface area (Å²) in [6.07, 6.45) is 6.57. The van der Waals surface area contributed by atoms with Gasteiger partial charge in [-0.15, -0.1) is 0 Å². The number of hydrogen-bond acceptors (Lipinski definition) is 8. The molecule has 1 aromatic heterocycles. The quantitative estimate of drug-likeness (QED) is 0.509. The third kappa shape index (κ3) is 6.97. The summed E-state index contributed by atoms with van der Waals surface area (Å²) in [7, 11) is -4.04. The summed E-state index contributed by atoms with van der Waals surface area (Å²) in [5.41, 5.74) is 0. The Hall–Kier alpha value is -2.11. The zero-order chi connectivity index (χ0) is 27.4. The molecular weight excluding hydrogens is 563 g/mol. The van der Waals surface area contributed by atoms with Crippen LogP contribution in [0.1, 0.15) is 38.5 Å². The summed E-state index contributed by atoms with van der Waals surface area (Å²) < 4.78 is 40.2. The van der Waals surface area contributed by atoms with Gasteiger partial charge in [0.25, 0.3) is 10.0 Å². The van der Waals surface area contributed by atoms with E-state index in [1.165, 1.54) is 6.07 Å². The second kappa shape index (κ2) is 12.6. The minimum Gasteiger partial charge on any atom is -0.490 e. The number of anilines is 1. The Morgan fingerprint density at radius 3 is 2.38 bits per heavy atom. The van der Waals surface area contributed by atoms with E-state index in [-0.39, 0.29) is 16.9 Å². The van der Waals surface area contributed by atoms with Crippen LogP contribution in [0.25, 0.3) is 0 Å². The Morgan fingerprint density at radius 1 is 0.974 bits per heavy atom. The van der Waals surface area contributed by atoms with Crippen LogP contribution >= 0.6 is 23.2 Å². The molecule has 0 bridgehead atoms. The molecule has 212 valence electrons. The van der Waals surface area contributed by atoms with Gasteiger partial charge in [-0.2, -0.15) is 0 Å². The van der Waals surface area contributed by atoms with Crippen LogP contribution in [0.5, 0.6) is 5.75 Å². The van der Waals surface area contributed by atoms with Crippen molar-refractivity contribution < 1.29 is 22.7 Å². The van der Waals surface area contributed by atoms with Crippen LogP contribution in [0.2, 0.25) is 10.0 Å². The van der Waals surface area contributed by atoms with E-state index in [9.17, 15) is 13.2 Å². The molecule has 12 heteroatoms. The van der Waals surface area contributed by atoms with Gasteiger partial charge < -0.3 is 19.3 Å². The van der Waals surface area contributed by atoms with E-state index in [1.807, 2.05) is 11.0 Å². The summed E-state index contributed by atoms with van der Waals surface area (Å²) in [4.78, 5) is 21.7. The van der Waals surface area contributed by atoms with E-state index >= 15 is 0 Å². The van der Waals surface area contributed by atoms with E-state index in [0.29, 0.717) is 61.0 Å². The summed E-state index contributed by atoms with van der Waals surface area (Å²) in [6.45, 7) is 3.97. The van der Waals surface area contributed by atoms with Crippen molar-refractivity contribution in [2.24, 2.45) is 5.92 Å². The zero-order valence-corrected chi connectivity index (χ0v) is 24.1. The maximum atomic E-state index is 13.2. The number of hydrogen-bond donors (Lipinski definition) is 1. The normalized spacial score (nSPS) is 23.4. The van der Waals surface area contributed by atoms with E-state index in [2.05, 4.69) is 14.6 Å². The maximum Gasteiger partial charge on any atom is 0.267 e. The fourth-order valence-corrected chi connectivity index (χ4v) is 7.19. The molecular formula is C27H34Cl2N4O5S. The molecule has 5 rings (SSSR count). The highest BCUT2D eigenvalue weighted by Gasteiger charge is 2.34. The average molecular weight is 598 g/mol. The number of ether oxygens (including phenoxy) is 2. The van der Waals surface area contributed by atoms with E-state index < -0.39 is 15.9 Å². The van der Waals surface area contributed by atoms with Gasteiger partial charge >= 0.3 is 0 Å². The Bertz CT molecular complexity index is 1260. The number of aromatic nitrogens is 1. The van der Waals surface area contributed by atoms with Gasteiger partial charge in [0.2, 0.25) is 5.91 Å². The third-order valence-corrected chi connectivity index (χ3v) is 9.95. The average Bonchev–Trinajstić information content (AvgIpc) is 2.96. The van der Waals surface area contributed by atoms with Crippen molar-refractivity contribution in [1.29, 1.82) is 0 Å². The zero-order valence-electron chi connectivity index (χ0n) is 21.7. The van der Waals surface area contributed by atoms with Crippen LogP contribution in [0.3, 0.4) is 0 Å². The number of likely N-dealkylation sites (tertiary alicyclic amines) is 1. The van der Waals surface area contributed by atoms with Crippen molar-refractivity contribution >= 4 is 45.0 Å². The number of morpholine rings is 1. The Kier molecular flexibility index (Phi) is 9.18. The topological polar surface area (TPSA) is 101 Å². The number of carbonyl (C=O) groups excluding carboxylic acids is 1. The number of piperidine rings is 1. The summed E-state index contributed by atoms with van der Waals surface area (Å²) in [5, 5.41) is 0.994. The standard InChI is InChI=1S/C27H34Cl2N4O5S/c28-23-8-7-22(18-24(23)29)38-21-9-12-32(13-10-21)20-5-3-19(4-6-20)27(34)31-39(35,36)25-2-1-11-30-26(25)33-14-16-37-17-15-33/h1-2,7-8,11,18-21H,3-6,9-10,12-17H2,(H,31,34)/t19-,20-. The van der Waals surface area contributed by atoms with Crippen molar-refractivity contribution in [2.75, 3.05) is 44.3 Å². The first-order chi connectivity index (χ1) is 18.8. The number of sulfonamides is 1. The second-order valence-corrected chi connectivity index (χ2v) is 12.8. The lowest BCUT2D eigenvalue weighted by atomic mass is 9.84. The minimum absolute atomic E-state index is 0.0277. The highest BCUT2D eigenvalue weighted by atomic mass is 35.5. The Morgan fingerprint density at radius 2 is 1.69 bits per heavy atom. The summed E-state index contributed by atoms with van der Waals surface area (Å²) in [5.74, 6) is 0.332. The van der Waals surface area contributed by atoms with Crippen molar-refractivity contribution in [3.8, 4) is 5.75 Å². The molecule has 3 aliphatic rings. The molecule has 39 heavy (non-hydrogen) atoms. The van der Waals surface area contributed by atoms with Gasteiger partial charge in [-0.3, -0.25) is 4.79 Å². The molecule has 2 aliphatic heterocycles. The molecule has 1 saturated carbocycles. The van der Waals surface area contributed by atoms with E-state index in [1.54, 1.807) is 24.4 Å². The molecule has 1 amide bonds. The number of carbonyl (C=O) groups is 1. The van der Waals surface area contributed by atoms with Crippen LogP contribution in [-0.2, 0) is 19.6 Å².